The maximum atomic E-state index is 13.5. The fraction of sp³-hybridized carbons (Fsp3) is 0.231. The fourth-order valence-corrected chi connectivity index (χ4v) is 1.81. The third kappa shape index (κ3) is 2.56. The molecule has 94 valence electrons. The normalized spacial score (nSPS) is 10.4. The molecule has 0 radical (unpaired) electrons. The standard InChI is InChI=1S/C13H15FN4/c1-8-5-10(6-9(2)11(8)14)7-18-13-12(15)16-3-4-17-13/h3-6H,7H2,1-2H3,(H2,15,16)(H,17,18). The van der Waals surface area contributed by atoms with Crippen LogP contribution in [-0.2, 0) is 6.54 Å². The van der Waals surface area contributed by atoms with Crippen LogP contribution in [0.25, 0.3) is 0 Å². The quantitative estimate of drug-likeness (QED) is 0.873. The van der Waals surface area contributed by atoms with Gasteiger partial charge in [-0.3, -0.25) is 0 Å². The molecule has 0 aliphatic rings. The summed E-state index contributed by atoms with van der Waals surface area (Å²) in [6.07, 6.45) is 3.10. The van der Waals surface area contributed by atoms with Crippen molar-refractivity contribution in [3.8, 4) is 0 Å². The molecule has 0 aliphatic heterocycles. The summed E-state index contributed by atoms with van der Waals surface area (Å²) >= 11 is 0. The van der Waals surface area contributed by atoms with Crippen molar-refractivity contribution in [1.82, 2.24) is 9.97 Å². The van der Waals surface area contributed by atoms with Crippen LogP contribution < -0.4 is 11.1 Å². The Morgan fingerprint density at radius 2 is 1.78 bits per heavy atom. The number of nitrogens with two attached hydrogens (primary N) is 1. The number of hydrogen-bond acceptors (Lipinski definition) is 4. The molecule has 5 heteroatoms. The second-order valence-electron chi connectivity index (χ2n) is 4.19. The highest BCUT2D eigenvalue weighted by atomic mass is 19.1. The predicted octanol–water partition coefficient (Wildman–Crippen LogP) is 2.43. The molecule has 0 saturated carbocycles. The van der Waals surface area contributed by atoms with Gasteiger partial charge in [-0.25, -0.2) is 14.4 Å². The molecule has 1 heterocycles. The largest absolute Gasteiger partial charge is 0.381 e. The van der Waals surface area contributed by atoms with E-state index < -0.39 is 0 Å². The summed E-state index contributed by atoms with van der Waals surface area (Å²) in [7, 11) is 0. The number of nitrogens with one attached hydrogen (secondary N) is 1. The van der Waals surface area contributed by atoms with E-state index in [1.165, 1.54) is 6.20 Å². The molecule has 2 aromatic rings. The molecule has 0 bridgehead atoms. The van der Waals surface area contributed by atoms with Gasteiger partial charge in [-0.15, -0.1) is 0 Å². The number of anilines is 2. The van der Waals surface area contributed by atoms with Gasteiger partial charge in [-0.05, 0) is 30.5 Å². The number of rotatable bonds is 3. The van der Waals surface area contributed by atoms with Crippen LogP contribution in [0.1, 0.15) is 16.7 Å². The van der Waals surface area contributed by atoms with Crippen LogP contribution in [0.4, 0.5) is 16.0 Å². The third-order valence-corrected chi connectivity index (χ3v) is 2.68. The number of aryl methyl sites for hydroxylation is 2. The van der Waals surface area contributed by atoms with Gasteiger partial charge in [-0.2, -0.15) is 0 Å². The van der Waals surface area contributed by atoms with Crippen molar-refractivity contribution >= 4 is 11.6 Å². The summed E-state index contributed by atoms with van der Waals surface area (Å²) in [5, 5.41) is 3.08. The molecule has 1 aromatic heterocycles. The first-order chi connectivity index (χ1) is 8.58. The summed E-state index contributed by atoms with van der Waals surface area (Å²) in [5.74, 6) is 0.739. The second kappa shape index (κ2) is 5.00. The number of hydrogen-bond donors (Lipinski definition) is 2. The Hall–Kier alpha value is -2.17. The van der Waals surface area contributed by atoms with E-state index >= 15 is 0 Å². The number of benzene rings is 1. The van der Waals surface area contributed by atoms with Crippen LogP contribution in [0.5, 0.6) is 0 Å². The summed E-state index contributed by atoms with van der Waals surface area (Å²) < 4.78 is 13.5. The minimum Gasteiger partial charge on any atom is -0.381 e. The predicted molar refractivity (Wildman–Crippen MR) is 69.6 cm³/mol. The van der Waals surface area contributed by atoms with Gasteiger partial charge in [0.15, 0.2) is 11.6 Å². The third-order valence-electron chi connectivity index (χ3n) is 2.68. The molecule has 0 atom stereocenters. The highest BCUT2D eigenvalue weighted by Crippen LogP contribution is 2.17. The summed E-state index contributed by atoms with van der Waals surface area (Å²) in [4.78, 5) is 8.02. The van der Waals surface area contributed by atoms with Gasteiger partial charge in [0, 0.05) is 18.9 Å². The minimum atomic E-state index is -0.155. The monoisotopic (exact) mass is 246 g/mol. The second-order valence-corrected chi connectivity index (χ2v) is 4.19. The highest BCUT2D eigenvalue weighted by Gasteiger charge is 2.05. The van der Waals surface area contributed by atoms with Gasteiger partial charge in [0.25, 0.3) is 0 Å². The van der Waals surface area contributed by atoms with E-state index in [1.54, 1.807) is 20.0 Å². The fourth-order valence-electron chi connectivity index (χ4n) is 1.81. The first-order valence-electron chi connectivity index (χ1n) is 5.64. The molecule has 0 saturated heterocycles. The van der Waals surface area contributed by atoms with Gasteiger partial charge in [0.05, 0.1) is 0 Å². The van der Waals surface area contributed by atoms with Gasteiger partial charge in [0.1, 0.15) is 5.82 Å². The van der Waals surface area contributed by atoms with E-state index in [9.17, 15) is 4.39 Å². The van der Waals surface area contributed by atoms with Crippen molar-refractivity contribution < 1.29 is 4.39 Å². The Bertz CT molecular complexity index is 546. The Labute approximate surface area is 105 Å². The van der Waals surface area contributed by atoms with E-state index in [1.807, 2.05) is 12.1 Å². The van der Waals surface area contributed by atoms with Crippen molar-refractivity contribution in [3.05, 3.63) is 47.0 Å². The molecule has 2 rings (SSSR count). The van der Waals surface area contributed by atoms with Crippen molar-refractivity contribution in [2.24, 2.45) is 0 Å². The zero-order valence-electron chi connectivity index (χ0n) is 10.4. The van der Waals surface area contributed by atoms with E-state index in [0.717, 1.165) is 5.56 Å². The van der Waals surface area contributed by atoms with Crippen LogP contribution in [0.2, 0.25) is 0 Å². The number of aromatic nitrogens is 2. The summed E-state index contributed by atoms with van der Waals surface area (Å²) in [6, 6.07) is 3.61. The summed E-state index contributed by atoms with van der Waals surface area (Å²) in [5.41, 5.74) is 7.93. The van der Waals surface area contributed by atoms with Gasteiger partial charge in [-0.1, -0.05) is 12.1 Å². The van der Waals surface area contributed by atoms with Crippen LogP contribution >= 0.6 is 0 Å². The SMILES string of the molecule is Cc1cc(CNc2nccnc2N)cc(C)c1F. The molecular weight excluding hydrogens is 231 g/mol. The zero-order chi connectivity index (χ0) is 13.1. The molecule has 0 spiro atoms. The Morgan fingerprint density at radius 3 is 2.39 bits per heavy atom. The lowest BCUT2D eigenvalue weighted by Gasteiger charge is -2.09. The van der Waals surface area contributed by atoms with Crippen LogP contribution in [-0.4, -0.2) is 9.97 Å². The molecule has 4 nitrogen and oxygen atoms in total. The molecule has 0 unspecified atom stereocenters. The Balaban J connectivity index is 2.14. The first kappa shape index (κ1) is 12.3. The molecule has 0 aliphatic carbocycles. The van der Waals surface area contributed by atoms with Crippen molar-refractivity contribution in [3.63, 3.8) is 0 Å². The first-order valence-corrected chi connectivity index (χ1v) is 5.64. The van der Waals surface area contributed by atoms with Crippen molar-refractivity contribution in [2.45, 2.75) is 20.4 Å². The van der Waals surface area contributed by atoms with E-state index in [4.69, 9.17) is 5.73 Å². The van der Waals surface area contributed by atoms with Crippen molar-refractivity contribution in [1.29, 1.82) is 0 Å². The molecule has 1 aromatic carbocycles. The maximum Gasteiger partial charge on any atom is 0.169 e. The van der Waals surface area contributed by atoms with Crippen LogP contribution in [0.15, 0.2) is 24.5 Å². The van der Waals surface area contributed by atoms with Crippen LogP contribution in [0.3, 0.4) is 0 Å². The number of halogens is 1. The van der Waals surface area contributed by atoms with Gasteiger partial charge < -0.3 is 11.1 Å². The highest BCUT2D eigenvalue weighted by molar-refractivity contribution is 5.55. The summed E-state index contributed by atoms with van der Waals surface area (Å²) in [6.45, 7) is 4.04. The lowest BCUT2D eigenvalue weighted by atomic mass is 10.1. The zero-order valence-corrected chi connectivity index (χ0v) is 10.4. The number of nitrogen functional groups attached to an aromatic ring is 1. The van der Waals surface area contributed by atoms with Gasteiger partial charge >= 0.3 is 0 Å². The Morgan fingerprint density at radius 1 is 1.17 bits per heavy atom. The molecular formula is C13H15FN4. The van der Waals surface area contributed by atoms with Crippen LogP contribution in [0, 0.1) is 19.7 Å². The topological polar surface area (TPSA) is 63.8 Å². The minimum absolute atomic E-state index is 0.155. The lowest BCUT2D eigenvalue weighted by Crippen LogP contribution is -2.06. The molecule has 0 amide bonds. The average molecular weight is 246 g/mol. The molecule has 3 N–H and O–H groups in total. The smallest absolute Gasteiger partial charge is 0.169 e. The number of nitrogens with zero attached hydrogens (tertiary/aromatic N) is 2. The van der Waals surface area contributed by atoms with Gasteiger partial charge in [0.2, 0.25) is 0 Å². The van der Waals surface area contributed by atoms with Crippen molar-refractivity contribution in [2.75, 3.05) is 11.1 Å². The molecule has 0 fully saturated rings. The lowest BCUT2D eigenvalue weighted by molar-refractivity contribution is 0.608. The maximum absolute atomic E-state index is 13.5. The average Bonchev–Trinajstić information content (AvgIpc) is 2.35. The van der Waals surface area contributed by atoms with E-state index in [-0.39, 0.29) is 5.82 Å². The van der Waals surface area contributed by atoms with E-state index in [0.29, 0.717) is 29.3 Å². The Kier molecular flexibility index (Phi) is 3.41. The van der Waals surface area contributed by atoms with E-state index in [2.05, 4.69) is 15.3 Å². The molecule has 18 heavy (non-hydrogen) atoms.